The number of sulfonamides is 1. The quantitative estimate of drug-likeness (QED) is 0.867. The molecule has 1 atom stereocenters. The first-order chi connectivity index (χ1) is 10.1. The molecule has 0 radical (unpaired) electrons. The molecule has 1 unspecified atom stereocenters. The lowest BCUT2D eigenvalue weighted by Crippen LogP contribution is -2.41. The van der Waals surface area contributed by atoms with Gasteiger partial charge in [-0.2, -0.15) is 4.31 Å². The lowest BCUT2D eigenvalue weighted by Gasteiger charge is -2.30. The van der Waals surface area contributed by atoms with E-state index in [1.165, 1.54) is 15.6 Å². The van der Waals surface area contributed by atoms with Gasteiger partial charge in [-0.25, -0.2) is 13.4 Å². The molecular formula is C12H18N4O3S2. The third kappa shape index (κ3) is 2.44. The Morgan fingerprint density at radius 3 is 3.10 bits per heavy atom. The number of hydrogen-bond acceptors (Lipinski definition) is 6. The summed E-state index contributed by atoms with van der Waals surface area (Å²) in [5.74, 6) is 0.380. The highest BCUT2D eigenvalue weighted by Gasteiger charge is 2.34. The van der Waals surface area contributed by atoms with E-state index in [0.29, 0.717) is 23.9 Å². The van der Waals surface area contributed by atoms with Crippen LogP contribution in [0.25, 0.3) is 4.96 Å². The summed E-state index contributed by atoms with van der Waals surface area (Å²) in [6.07, 6.45) is 3.35. The van der Waals surface area contributed by atoms with Gasteiger partial charge < -0.3 is 10.4 Å². The van der Waals surface area contributed by atoms with Crippen molar-refractivity contribution in [3.63, 3.8) is 0 Å². The van der Waals surface area contributed by atoms with E-state index in [1.807, 2.05) is 5.38 Å². The summed E-state index contributed by atoms with van der Waals surface area (Å²) in [7, 11) is -1.97. The number of piperidine rings is 1. The van der Waals surface area contributed by atoms with Crippen LogP contribution < -0.4 is 5.32 Å². The van der Waals surface area contributed by atoms with Crippen LogP contribution in [0.1, 0.15) is 12.8 Å². The van der Waals surface area contributed by atoms with Crippen LogP contribution in [-0.4, -0.2) is 54.0 Å². The zero-order valence-corrected chi connectivity index (χ0v) is 13.3. The highest BCUT2D eigenvalue weighted by Crippen LogP contribution is 2.30. The number of rotatable bonds is 4. The van der Waals surface area contributed by atoms with Crippen LogP contribution in [0.4, 0.5) is 5.82 Å². The van der Waals surface area contributed by atoms with Gasteiger partial charge in [-0.1, -0.05) is 0 Å². The minimum absolute atomic E-state index is 0.0115. The van der Waals surface area contributed by atoms with Crippen molar-refractivity contribution in [2.75, 3.05) is 32.1 Å². The maximum atomic E-state index is 12.9. The van der Waals surface area contributed by atoms with Gasteiger partial charge in [-0.05, 0) is 18.8 Å². The Kier molecular flexibility index (Phi) is 3.91. The second kappa shape index (κ2) is 5.56. The van der Waals surface area contributed by atoms with E-state index in [1.54, 1.807) is 17.6 Å². The molecule has 1 fully saturated rings. The molecule has 2 N–H and O–H groups in total. The van der Waals surface area contributed by atoms with Gasteiger partial charge in [0, 0.05) is 38.3 Å². The van der Waals surface area contributed by atoms with Crippen LogP contribution in [0.15, 0.2) is 16.6 Å². The third-order valence-electron chi connectivity index (χ3n) is 3.78. The van der Waals surface area contributed by atoms with Crippen LogP contribution in [0.3, 0.4) is 0 Å². The highest BCUT2D eigenvalue weighted by atomic mass is 32.2. The fourth-order valence-electron chi connectivity index (χ4n) is 2.69. The van der Waals surface area contributed by atoms with E-state index in [2.05, 4.69) is 10.3 Å². The molecule has 3 heterocycles. The van der Waals surface area contributed by atoms with Gasteiger partial charge in [0.2, 0.25) is 0 Å². The van der Waals surface area contributed by atoms with Crippen LogP contribution in [0, 0.1) is 5.92 Å². The number of nitrogens with zero attached hydrogens (tertiary/aromatic N) is 3. The molecule has 7 nitrogen and oxygen atoms in total. The summed E-state index contributed by atoms with van der Waals surface area (Å²) in [4.78, 5) is 4.95. The van der Waals surface area contributed by atoms with Gasteiger partial charge in [0.25, 0.3) is 10.0 Å². The SMILES string of the molecule is CNc1nc2sccn2c1S(=O)(=O)N1CCCC(CO)C1. The first-order valence-electron chi connectivity index (χ1n) is 6.82. The predicted molar refractivity (Wildman–Crippen MR) is 81.2 cm³/mol. The predicted octanol–water partition coefficient (Wildman–Crippen LogP) is 0.831. The van der Waals surface area contributed by atoms with E-state index < -0.39 is 10.0 Å². The van der Waals surface area contributed by atoms with E-state index >= 15 is 0 Å². The summed E-state index contributed by atoms with van der Waals surface area (Å²) in [5, 5.41) is 14.1. The lowest BCUT2D eigenvalue weighted by atomic mass is 10.0. The molecule has 0 aliphatic carbocycles. The zero-order chi connectivity index (χ0) is 15.0. The van der Waals surface area contributed by atoms with Crippen molar-refractivity contribution in [3.8, 4) is 0 Å². The molecule has 0 saturated carbocycles. The van der Waals surface area contributed by atoms with Gasteiger partial charge in [0.05, 0.1) is 0 Å². The number of aromatic nitrogens is 2. The normalized spacial score (nSPS) is 21.0. The van der Waals surface area contributed by atoms with Crippen LogP contribution in [-0.2, 0) is 10.0 Å². The number of aliphatic hydroxyl groups is 1. The molecule has 2 aromatic rings. The van der Waals surface area contributed by atoms with Crippen molar-refractivity contribution < 1.29 is 13.5 Å². The number of thiazole rings is 1. The average molecular weight is 330 g/mol. The molecule has 0 amide bonds. The van der Waals surface area contributed by atoms with Gasteiger partial charge in [-0.15, -0.1) is 11.3 Å². The van der Waals surface area contributed by atoms with E-state index in [0.717, 1.165) is 12.8 Å². The van der Waals surface area contributed by atoms with Crippen LogP contribution in [0.2, 0.25) is 0 Å². The lowest BCUT2D eigenvalue weighted by molar-refractivity contribution is 0.165. The smallest absolute Gasteiger partial charge is 0.262 e. The number of fused-ring (bicyclic) bond motifs is 1. The topological polar surface area (TPSA) is 86.9 Å². The van der Waals surface area contributed by atoms with Gasteiger partial charge >= 0.3 is 0 Å². The van der Waals surface area contributed by atoms with Crippen molar-refractivity contribution in [3.05, 3.63) is 11.6 Å². The third-order valence-corrected chi connectivity index (χ3v) is 6.43. The molecule has 3 rings (SSSR count). The Balaban J connectivity index is 2.05. The summed E-state index contributed by atoms with van der Waals surface area (Å²) < 4.78 is 29.0. The molecular weight excluding hydrogens is 312 g/mol. The van der Waals surface area contributed by atoms with Crippen molar-refractivity contribution in [2.24, 2.45) is 5.92 Å². The highest BCUT2D eigenvalue weighted by molar-refractivity contribution is 7.89. The Morgan fingerprint density at radius 1 is 1.57 bits per heavy atom. The zero-order valence-electron chi connectivity index (χ0n) is 11.7. The number of aliphatic hydroxyl groups excluding tert-OH is 1. The minimum Gasteiger partial charge on any atom is -0.396 e. The molecule has 1 aliphatic heterocycles. The minimum atomic E-state index is -3.63. The van der Waals surface area contributed by atoms with Crippen LogP contribution in [0.5, 0.6) is 0 Å². The van der Waals surface area contributed by atoms with Gasteiger partial charge in [0.15, 0.2) is 15.8 Å². The first-order valence-corrected chi connectivity index (χ1v) is 9.14. The molecule has 2 aromatic heterocycles. The van der Waals surface area contributed by atoms with E-state index in [4.69, 9.17) is 0 Å². The average Bonchev–Trinajstić information content (AvgIpc) is 3.06. The molecule has 21 heavy (non-hydrogen) atoms. The Hall–Kier alpha value is -1.16. The maximum absolute atomic E-state index is 12.9. The van der Waals surface area contributed by atoms with E-state index in [9.17, 15) is 13.5 Å². The molecule has 1 saturated heterocycles. The summed E-state index contributed by atoms with van der Waals surface area (Å²) in [5.41, 5.74) is 0. The molecule has 116 valence electrons. The Morgan fingerprint density at radius 2 is 2.38 bits per heavy atom. The van der Waals surface area contributed by atoms with Gasteiger partial charge in [-0.3, -0.25) is 4.40 Å². The Bertz CT molecular complexity index is 737. The largest absolute Gasteiger partial charge is 0.396 e. The van der Waals surface area contributed by atoms with Crippen LogP contribution >= 0.6 is 11.3 Å². The second-order valence-electron chi connectivity index (χ2n) is 5.13. The summed E-state index contributed by atoms with van der Waals surface area (Å²) >= 11 is 1.39. The molecule has 9 heteroatoms. The maximum Gasteiger partial charge on any atom is 0.262 e. The molecule has 0 bridgehead atoms. The van der Waals surface area contributed by atoms with Crippen molar-refractivity contribution in [1.82, 2.24) is 13.7 Å². The molecule has 1 aliphatic rings. The number of nitrogens with one attached hydrogen (secondary N) is 1. The standard InChI is InChI=1S/C12H18N4O3S2/c1-13-10-11(16-5-6-20-12(16)14-10)21(18,19)15-4-2-3-9(7-15)8-17/h5-6,9,13,17H,2-4,7-8H2,1H3. The molecule has 0 spiro atoms. The summed E-state index contributed by atoms with van der Waals surface area (Å²) in [6.45, 7) is 0.865. The van der Waals surface area contributed by atoms with Crippen molar-refractivity contribution in [2.45, 2.75) is 17.9 Å². The van der Waals surface area contributed by atoms with Gasteiger partial charge in [0.1, 0.15) is 0 Å². The number of imidazole rings is 1. The second-order valence-corrected chi connectivity index (χ2v) is 7.85. The number of hydrogen-bond donors (Lipinski definition) is 2. The summed E-state index contributed by atoms with van der Waals surface area (Å²) in [6, 6.07) is 0. The van der Waals surface area contributed by atoms with Crippen molar-refractivity contribution in [1.29, 1.82) is 0 Å². The first kappa shape index (κ1) is 14.8. The number of anilines is 1. The van der Waals surface area contributed by atoms with Crippen molar-refractivity contribution >= 4 is 32.1 Å². The Labute approximate surface area is 127 Å². The fraction of sp³-hybridized carbons (Fsp3) is 0.583. The monoisotopic (exact) mass is 330 g/mol. The fourth-order valence-corrected chi connectivity index (χ4v) is 5.27. The van der Waals surface area contributed by atoms with E-state index in [-0.39, 0.29) is 17.6 Å². The molecule has 0 aromatic carbocycles.